The number of phenols is 1. The van der Waals surface area contributed by atoms with Gasteiger partial charge >= 0.3 is 0 Å². The van der Waals surface area contributed by atoms with Crippen molar-refractivity contribution in [1.29, 1.82) is 0 Å². The van der Waals surface area contributed by atoms with Gasteiger partial charge in [0.2, 0.25) is 0 Å². The van der Waals surface area contributed by atoms with Crippen molar-refractivity contribution >= 4 is 11.0 Å². The smallest absolute Gasteiger partial charge is 0.295 e. The molecule has 5 heteroatoms. The van der Waals surface area contributed by atoms with E-state index >= 15 is 0 Å². The van der Waals surface area contributed by atoms with E-state index in [1.807, 2.05) is 0 Å². The lowest BCUT2D eigenvalue weighted by Gasteiger charge is -1.95. The van der Waals surface area contributed by atoms with Crippen molar-refractivity contribution in [3.05, 3.63) is 23.5 Å². The van der Waals surface area contributed by atoms with Gasteiger partial charge in [-0.2, -0.15) is 0 Å². The van der Waals surface area contributed by atoms with Gasteiger partial charge in [0.15, 0.2) is 5.82 Å². The molecule has 3 nitrogen and oxygen atoms in total. The average molecular weight is 198 g/mol. The van der Waals surface area contributed by atoms with E-state index in [0.29, 0.717) is 5.52 Å². The highest BCUT2D eigenvalue weighted by atomic mass is 19.3. The lowest BCUT2D eigenvalue weighted by molar-refractivity contribution is 0.142. The van der Waals surface area contributed by atoms with Crippen molar-refractivity contribution in [3.63, 3.8) is 0 Å². The molecule has 0 spiro atoms. The number of rotatable bonds is 1. The number of aromatic amines is 1. The Morgan fingerprint density at radius 1 is 1.43 bits per heavy atom. The zero-order valence-corrected chi connectivity index (χ0v) is 7.38. The molecule has 1 aromatic carbocycles. The third-order valence-electron chi connectivity index (χ3n) is 2.05. The monoisotopic (exact) mass is 198 g/mol. The number of imidazole rings is 1. The van der Waals surface area contributed by atoms with Crippen LogP contribution in [0.5, 0.6) is 5.75 Å². The van der Waals surface area contributed by atoms with Crippen LogP contribution in [-0.2, 0) is 0 Å². The van der Waals surface area contributed by atoms with Gasteiger partial charge < -0.3 is 10.1 Å². The zero-order valence-electron chi connectivity index (χ0n) is 7.38. The Kier molecular flexibility index (Phi) is 1.87. The summed E-state index contributed by atoms with van der Waals surface area (Å²) in [6, 6.07) is 3.08. The highest BCUT2D eigenvalue weighted by molar-refractivity contribution is 5.84. The van der Waals surface area contributed by atoms with Crippen molar-refractivity contribution in [2.24, 2.45) is 0 Å². The molecule has 0 unspecified atom stereocenters. The van der Waals surface area contributed by atoms with Gasteiger partial charge in [-0.1, -0.05) is 6.07 Å². The first kappa shape index (κ1) is 8.93. The number of benzene rings is 1. The molecule has 0 bridgehead atoms. The fourth-order valence-corrected chi connectivity index (χ4v) is 1.33. The van der Waals surface area contributed by atoms with Crippen LogP contribution in [0.4, 0.5) is 8.78 Å². The summed E-state index contributed by atoms with van der Waals surface area (Å²) in [5, 5.41) is 9.37. The Morgan fingerprint density at radius 2 is 2.14 bits per heavy atom. The molecule has 1 aromatic heterocycles. The van der Waals surface area contributed by atoms with Gasteiger partial charge in [0, 0.05) is 0 Å². The molecule has 2 aromatic rings. The van der Waals surface area contributed by atoms with E-state index in [9.17, 15) is 13.9 Å². The number of aromatic hydroxyl groups is 1. The first-order valence-corrected chi connectivity index (χ1v) is 4.06. The second-order valence-electron chi connectivity index (χ2n) is 3.05. The number of nitrogens with one attached hydrogen (secondary N) is 1. The summed E-state index contributed by atoms with van der Waals surface area (Å²) >= 11 is 0. The van der Waals surface area contributed by atoms with Crippen LogP contribution >= 0.6 is 0 Å². The molecule has 2 N–H and O–H groups in total. The van der Waals surface area contributed by atoms with Gasteiger partial charge in [0.25, 0.3) is 6.43 Å². The fraction of sp³-hybridized carbons (Fsp3) is 0.222. The molecule has 1 heterocycles. The molecular weight excluding hydrogens is 190 g/mol. The van der Waals surface area contributed by atoms with Crippen molar-refractivity contribution in [3.8, 4) is 5.75 Å². The lowest BCUT2D eigenvalue weighted by atomic mass is 10.2. The van der Waals surface area contributed by atoms with Crippen LogP contribution in [0.25, 0.3) is 11.0 Å². The third-order valence-corrected chi connectivity index (χ3v) is 2.05. The minimum atomic E-state index is -2.65. The van der Waals surface area contributed by atoms with Crippen LogP contribution in [0.1, 0.15) is 17.8 Å². The van der Waals surface area contributed by atoms with E-state index in [1.54, 1.807) is 13.0 Å². The Hall–Kier alpha value is -1.65. The number of H-pyrrole nitrogens is 1. The predicted molar refractivity (Wildman–Crippen MR) is 47.5 cm³/mol. The number of aryl methyl sites for hydroxylation is 1. The average Bonchev–Trinajstić information content (AvgIpc) is 2.57. The molecule has 0 aliphatic carbocycles. The fourth-order valence-electron chi connectivity index (χ4n) is 1.33. The predicted octanol–water partition coefficient (Wildman–Crippen LogP) is 2.51. The molecule has 0 saturated heterocycles. The SMILES string of the molecule is Cc1ccc(O)c2[nH]c(C(F)F)nc12. The van der Waals surface area contributed by atoms with E-state index < -0.39 is 12.2 Å². The summed E-state index contributed by atoms with van der Waals surface area (Å²) in [6.45, 7) is 1.75. The number of halogens is 2. The second kappa shape index (κ2) is 2.94. The Bertz CT molecular complexity index is 440. The molecule has 0 amide bonds. The van der Waals surface area contributed by atoms with Crippen LogP contribution in [0.2, 0.25) is 0 Å². The normalized spacial score (nSPS) is 11.4. The van der Waals surface area contributed by atoms with Gasteiger partial charge in [-0.15, -0.1) is 0 Å². The topological polar surface area (TPSA) is 48.9 Å². The molecule has 0 aliphatic heterocycles. The minimum Gasteiger partial charge on any atom is -0.506 e. The highest BCUT2D eigenvalue weighted by Crippen LogP contribution is 2.27. The highest BCUT2D eigenvalue weighted by Gasteiger charge is 2.15. The quantitative estimate of drug-likeness (QED) is 0.739. The maximum atomic E-state index is 12.3. The van der Waals surface area contributed by atoms with Gasteiger partial charge in [0.1, 0.15) is 11.3 Å². The molecule has 0 aliphatic rings. The van der Waals surface area contributed by atoms with E-state index in [1.165, 1.54) is 6.07 Å². The molecule has 0 atom stereocenters. The molecule has 0 saturated carbocycles. The zero-order chi connectivity index (χ0) is 10.3. The summed E-state index contributed by atoms with van der Waals surface area (Å²) in [6.07, 6.45) is -2.65. The molecule has 74 valence electrons. The third kappa shape index (κ3) is 1.21. The van der Waals surface area contributed by atoms with Crippen molar-refractivity contribution in [2.75, 3.05) is 0 Å². The molecule has 0 fully saturated rings. The summed E-state index contributed by atoms with van der Waals surface area (Å²) < 4.78 is 24.6. The number of hydrogen-bond acceptors (Lipinski definition) is 2. The molecule has 2 rings (SSSR count). The van der Waals surface area contributed by atoms with Crippen molar-refractivity contribution in [1.82, 2.24) is 9.97 Å². The second-order valence-corrected chi connectivity index (χ2v) is 3.05. The Labute approximate surface area is 78.4 Å². The molecule has 0 radical (unpaired) electrons. The standard InChI is InChI=1S/C9H8F2N2O/c1-4-2-3-5(14)7-6(4)12-9(13-7)8(10)11/h2-3,8,14H,1H3,(H,12,13). The van der Waals surface area contributed by atoms with E-state index in [2.05, 4.69) is 9.97 Å². The van der Waals surface area contributed by atoms with E-state index in [-0.39, 0.29) is 11.3 Å². The van der Waals surface area contributed by atoms with Crippen molar-refractivity contribution < 1.29 is 13.9 Å². The maximum Gasteiger partial charge on any atom is 0.295 e. The number of nitrogens with zero attached hydrogens (tertiary/aromatic N) is 1. The Balaban J connectivity index is 2.75. The lowest BCUT2D eigenvalue weighted by Crippen LogP contribution is -1.85. The van der Waals surface area contributed by atoms with Crippen LogP contribution in [0.3, 0.4) is 0 Å². The number of hydrogen-bond donors (Lipinski definition) is 2. The van der Waals surface area contributed by atoms with E-state index in [4.69, 9.17) is 0 Å². The van der Waals surface area contributed by atoms with Crippen LogP contribution in [-0.4, -0.2) is 15.1 Å². The first-order valence-electron chi connectivity index (χ1n) is 4.06. The largest absolute Gasteiger partial charge is 0.506 e. The van der Waals surface area contributed by atoms with Gasteiger partial charge in [-0.25, -0.2) is 13.8 Å². The number of fused-ring (bicyclic) bond motifs is 1. The van der Waals surface area contributed by atoms with Gasteiger partial charge in [0.05, 0.1) is 5.52 Å². The van der Waals surface area contributed by atoms with Crippen LogP contribution < -0.4 is 0 Å². The summed E-state index contributed by atoms with van der Waals surface area (Å²) in [5.41, 5.74) is 1.40. The number of alkyl halides is 2. The molecule has 14 heavy (non-hydrogen) atoms. The number of aromatic nitrogens is 2. The Morgan fingerprint density at radius 3 is 2.71 bits per heavy atom. The summed E-state index contributed by atoms with van der Waals surface area (Å²) in [4.78, 5) is 6.10. The van der Waals surface area contributed by atoms with Crippen molar-refractivity contribution in [2.45, 2.75) is 13.3 Å². The van der Waals surface area contributed by atoms with E-state index in [0.717, 1.165) is 5.56 Å². The first-order chi connectivity index (χ1) is 6.59. The van der Waals surface area contributed by atoms with Crippen LogP contribution in [0, 0.1) is 6.92 Å². The van der Waals surface area contributed by atoms with Crippen LogP contribution in [0.15, 0.2) is 12.1 Å². The minimum absolute atomic E-state index is 0.0648. The summed E-state index contributed by atoms with van der Waals surface area (Å²) in [7, 11) is 0. The molecular formula is C9H8F2N2O. The van der Waals surface area contributed by atoms with Gasteiger partial charge in [-0.05, 0) is 18.6 Å². The maximum absolute atomic E-state index is 12.3. The summed E-state index contributed by atoms with van der Waals surface area (Å²) in [5.74, 6) is -0.477. The van der Waals surface area contributed by atoms with Gasteiger partial charge in [-0.3, -0.25) is 0 Å². The number of phenolic OH excluding ortho intramolecular Hbond substituents is 1.